The molecule has 0 aliphatic heterocycles. The number of benzene rings is 2. The molecule has 0 unspecified atom stereocenters. The molecule has 3 rings (SSSR count). The maximum Gasteiger partial charge on any atom is 0.227 e. The molecule has 5 heteroatoms. The van der Waals surface area contributed by atoms with Crippen molar-refractivity contribution in [2.75, 3.05) is 5.32 Å². The van der Waals surface area contributed by atoms with Crippen LogP contribution in [0, 0.1) is 5.82 Å². The summed E-state index contributed by atoms with van der Waals surface area (Å²) >= 11 is 0. The van der Waals surface area contributed by atoms with Crippen molar-refractivity contribution in [2.45, 2.75) is 0 Å². The summed E-state index contributed by atoms with van der Waals surface area (Å²) in [6.07, 6.45) is 0.592. The molecule has 1 aromatic heterocycles. The van der Waals surface area contributed by atoms with Crippen LogP contribution in [0.2, 0.25) is 0 Å². The Balaban J connectivity index is 2.08. The lowest BCUT2D eigenvalue weighted by atomic mass is 10.2. The zero-order chi connectivity index (χ0) is 13.2. The van der Waals surface area contributed by atoms with Crippen molar-refractivity contribution < 1.29 is 13.6 Å². The average molecular weight is 256 g/mol. The third-order valence-corrected chi connectivity index (χ3v) is 2.68. The van der Waals surface area contributed by atoms with Gasteiger partial charge in [0.1, 0.15) is 11.3 Å². The lowest BCUT2D eigenvalue weighted by molar-refractivity contribution is -0.105. The molecule has 4 nitrogen and oxygen atoms in total. The summed E-state index contributed by atoms with van der Waals surface area (Å²) < 4.78 is 18.7. The molecular formula is C14H9FN2O2. The molecule has 1 heterocycles. The summed E-state index contributed by atoms with van der Waals surface area (Å²) in [4.78, 5) is 14.7. The molecule has 0 aliphatic carbocycles. The van der Waals surface area contributed by atoms with Crippen molar-refractivity contribution in [3.63, 3.8) is 0 Å². The molecule has 2 aromatic carbocycles. The molecule has 0 radical (unpaired) electrons. The van der Waals surface area contributed by atoms with Gasteiger partial charge in [0.15, 0.2) is 5.58 Å². The standard InChI is InChI=1S/C14H9FN2O2/c15-10-3-1-2-9(6-10)14-17-12-7-11(16-8-18)4-5-13(12)19-14/h1-8H,(H,16,18). The fourth-order valence-corrected chi connectivity index (χ4v) is 1.83. The number of anilines is 1. The van der Waals surface area contributed by atoms with Crippen molar-refractivity contribution in [1.29, 1.82) is 0 Å². The van der Waals surface area contributed by atoms with E-state index >= 15 is 0 Å². The van der Waals surface area contributed by atoms with Crippen LogP contribution < -0.4 is 5.32 Å². The number of rotatable bonds is 3. The third kappa shape index (κ3) is 2.18. The molecule has 94 valence electrons. The van der Waals surface area contributed by atoms with Gasteiger partial charge in [-0.3, -0.25) is 4.79 Å². The van der Waals surface area contributed by atoms with Crippen molar-refractivity contribution in [3.05, 3.63) is 48.3 Å². The lowest BCUT2D eigenvalue weighted by Gasteiger charge is -1.95. The van der Waals surface area contributed by atoms with E-state index in [1.54, 1.807) is 30.3 Å². The molecule has 3 aromatic rings. The number of carbonyl (C=O) groups excluding carboxylic acids is 1. The average Bonchev–Trinajstić information content (AvgIpc) is 2.82. The number of fused-ring (bicyclic) bond motifs is 1. The molecule has 1 amide bonds. The first-order valence-corrected chi connectivity index (χ1v) is 5.63. The summed E-state index contributed by atoms with van der Waals surface area (Å²) in [7, 11) is 0. The molecule has 0 spiro atoms. The van der Waals surface area contributed by atoms with Gasteiger partial charge in [-0.15, -0.1) is 0 Å². The van der Waals surface area contributed by atoms with Crippen molar-refractivity contribution >= 4 is 23.2 Å². The van der Waals surface area contributed by atoms with E-state index in [2.05, 4.69) is 10.3 Å². The summed E-state index contributed by atoms with van der Waals surface area (Å²) in [6, 6.07) is 11.1. The molecule has 0 saturated carbocycles. The fourth-order valence-electron chi connectivity index (χ4n) is 1.83. The van der Waals surface area contributed by atoms with E-state index in [4.69, 9.17) is 4.42 Å². The lowest BCUT2D eigenvalue weighted by Crippen LogP contribution is -1.92. The van der Waals surface area contributed by atoms with Gasteiger partial charge in [0.05, 0.1) is 0 Å². The van der Waals surface area contributed by atoms with Crippen LogP contribution >= 0.6 is 0 Å². The highest BCUT2D eigenvalue weighted by Crippen LogP contribution is 2.26. The van der Waals surface area contributed by atoms with E-state index in [0.717, 1.165) is 0 Å². The molecule has 1 N–H and O–H groups in total. The quantitative estimate of drug-likeness (QED) is 0.732. The van der Waals surface area contributed by atoms with Gasteiger partial charge in [-0.25, -0.2) is 9.37 Å². The number of aromatic nitrogens is 1. The van der Waals surface area contributed by atoms with Crippen LogP contribution in [0.4, 0.5) is 10.1 Å². The van der Waals surface area contributed by atoms with Crippen LogP contribution in [0.3, 0.4) is 0 Å². The van der Waals surface area contributed by atoms with E-state index in [0.29, 0.717) is 34.7 Å². The molecule has 0 bridgehead atoms. The molecule has 0 fully saturated rings. The van der Waals surface area contributed by atoms with Gasteiger partial charge < -0.3 is 9.73 Å². The van der Waals surface area contributed by atoms with Gasteiger partial charge in [-0.2, -0.15) is 0 Å². The monoisotopic (exact) mass is 256 g/mol. The first-order chi connectivity index (χ1) is 9.26. The Bertz CT molecular complexity index is 752. The molecule has 0 aliphatic rings. The zero-order valence-corrected chi connectivity index (χ0v) is 9.76. The second-order valence-corrected chi connectivity index (χ2v) is 3.97. The second kappa shape index (κ2) is 4.53. The van der Waals surface area contributed by atoms with Crippen LogP contribution in [0.5, 0.6) is 0 Å². The van der Waals surface area contributed by atoms with Crippen LogP contribution in [-0.4, -0.2) is 11.4 Å². The van der Waals surface area contributed by atoms with Crippen LogP contribution in [-0.2, 0) is 4.79 Å². The Morgan fingerprint density at radius 3 is 2.89 bits per heavy atom. The zero-order valence-electron chi connectivity index (χ0n) is 9.76. The minimum Gasteiger partial charge on any atom is -0.436 e. The third-order valence-electron chi connectivity index (χ3n) is 2.68. The van der Waals surface area contributed by atoms with Crippen molar-refractivity contribution in [3.8, 4) is 11.5 Å². The molecule has 0 atom stereocenters. The minimum atomic E-state index is -0.344. The Hall–Kier alpha value is -2.69. The van der Waals surface area contributed by atoms with Gasteiger partial charge in [0.25, 0.3) is 0 Å². The smallest absolute Gasteiger partial charge is 0.227 e. The predicted molar refractivity (Wildman–Crippen MR) is 69.1 cm³/mol. The number of nitrogens with zero attached hydrogens (tertiary/aromatic N) is 1. The Kier molecular flexibility index (Phi) is 2.72. The van der Waals surface area contributed by atoms with Crippen LogP contribution in [0.15, 0.2) is 46.9 Å². The van der Waals surface area contributed by atoms with Gasteiger partial charge in [-0.05, 0) is 36.4 Å². The highest BCUT2D eigenvalue weighted by atomic mass is 19.1. The Labute approximate surface area is 107 Å². The highest BCUT2D eigenvalue weighted by Gasteiger charge is 2.09. The van der Waals surface area contributed by atoms with Gasteiger partial charge >= 0.3 is 0 Å². The summed E-state index contributed by atoms with van der Waals surface area (Å²) in [5.41, 5.74) is 2.38. The molecule has 0 saturated heterocycles. The van der Waals surface area contributed by atoms with Crippen molar-refractivity contribution in [2.24, 2.45) is 0 Å². The molecule has 19 heavy (non-hydrogen) atoms. The number of carbonyl (C=O) groups is 1. The largest absolute Gasteiger partial charge is 0.436 e. The van der Waals surface area contributed by atoms with E-state index in [9.17, 15) is 9.18 Å². The second-order valence-electron chi connectivity index (χ2n) is 3.97. The number of halogens is 1. The fraction of sp³-hybridized carbons (Fsp3) is 0. The van der Waals surface area contributed by atoms with E-state index in [-0.39, 0.29) is 5.82 Å². The summed E-state index contributed by atoms with van der Waals surface area (Å²) in [5.74, 6) is 0.000759. The van der Waals surface area contributed by atoms with Crippen molar-refractivity contribution in [1.82, 2.24) is 4.98 Å². The number of nitrogens with one attached hydrogen (secondary N) is 1. The number of hydrogen-bond acceptors (Lipinski definition) is 3. The Morgan fingerprint density at radius 1 is 1.21 bits per heavy atom. The number of oxazole rings is 1. The summed E-state index contributed by atoms with van der Waals surface area (Å²) in [5, 5.41) is 2.54. The normalized spacial score (nSPS) is 10.6. The van der Waals surface area contributed by atoms with Gasteiger partial charge in [-0.1, -0.05) is 6.07 Å². The summed E-state index contributed by atoms with van der Waals surface area (Å²) in [6.45, 7) is 0. The van der Waals surface area contributed by atoms with Crippen LogP contribution in [0.25, 0.3) is 22.6 Å². The van der Waals surface area contributed by atoms with E-state index < -0.39 is 0 Å². The van der Waals surface area contributed by atoms with Crippen LogP contribution in [0.1, 0.15) is 0 Å². The van der Waals surface area contributed by atoms with E-state index in [1.165, 1.54) is 12.1 Å². The SMILES string of the molecule is O=CNc1ccc2oc(-c3cccc(F)c3)nc2c1. The first-order valence-electron chi connectivity index (χ1n) is 5.63. The number of amides is 1. The van der Waals surface area contributed by atoms with Gasteiger partial charge in [0, 0.05) is 11.3 Å². The Morgan fingerprint density at radius 2 is 2.11 bits per heavy atom. The predicted octanol–water partition coefficient (Wildman–Crippen LogP) is 3.20. The van der Waals surface area contributed by atoms with Gasteiger partial charge in [0.2, 0.25) is 12.3 Å². The topological polar surface area (TPSA) is 55.1 Å². The highest BCUT2D eigenvalue weighted by molar-refractivity contribution is 5.83. The van der Waals surface area contributed by atoms with E-state index in [1.807, 2.05) is 0 Å². The molecular weight excluding hydrogens is 247 g/mol. The number of hydrogen-bond donors (Lipinski definition) is 1. The maximum absolute atomic E-state index is 13.2. The first kappa shape index (κ1) is 11.4. The minimum absolute atomic E-state index is 0.344. The maximum atomic E-state index is 13.2.